The Labute approximate surface area is 126 Å². The van der Waals surface area contributed by atoms with Gasteiger partial charge in [-0.25, -0.2) is 4.39 Å². The van der Waals surface area contributed by atoms with E-state index in [0.717, 1.165) is 18.7 Å². The van der Waals surface area contributed by atoms with Crippen molar-refractivity contribution in [2.24, 2.45) is 0 Å². The molecule has 2 aromatic rings. The molecular weight excluding hydrogens is 265 g/mol. The third kappa shape index (κ3) is 4.38. The summed E-state index contributed by atoms with van der Waals surface area (Å²) >= 11 is 0. The molecule has 0 amide bonds. The van der Waals surface area contributed by atoms with Crippen molar-refractivity contribution in [3.8, 4) is 0 Å². The Hall–Kier alpha value is -1.71. The molecule has 0 saturated carbocycles. The molecule has 1 unspecified atom stereocenters. The SMILES string of the molecule is CCOCCN(C)C(c1ccccc1)c1ccc(F)cc1. The van der Waals surface area contributed by atoms with E-state index in [2.05, 4.69) is 24.1 Å². The van der Waals surface area contributed by atoms with Crippen LogP contribution in [0.2, 0.25) is 0 Å². The smallest absolute Gasteiger partial charge is 0.123 e. The summed E-state index contributed by atoms with van der Waals surface area (Å²) in [6.45, 7) is 4.23. The predicted octanol–water partition coefficient (Wildman–Crippen LogP) is 3.88. The Morgan fingerprint density at radius 3 is 2.24 bits per heavy atom. The maximum atomic E-state index is 13.2. The molecule has 21 heavy (non-hydrogen) atoms. The van der Waals surface area contributed by atoms with E-state index in [1.165, 1.54) is 17.7 Å². The number of ether oxygens (including phenoxy) is 1. The van der Waals surface area contributed by atoms with Gasteiger partial charge in [0.05, 0.1) is 12.6 Å². The number of halogens is 1. The summed E-state index contributed by atoms with van der Waals surface area (Å²) in [4.78, 5) is 2.23. The first kappa shape index (κ1) is 15.7. The van der Waals surface area contributed by atoms with Gasteiger partial charge in [-0.15, -0.1) is 0 Å². The first-order valence-corrected chi connectivity index (χ1v) is 7.30. The standard InChI is InChI=1S/C18H22FNO/c1-3-21-14-13-20(2)18(15-7-5-4-6-8-15)16-9-11-17(19)12-10-16/h4-12,18H,3,13-14H2,1-2H3. The van der Waals surface area contributed by atoms with Crippen LogP contribution in [0, 0.1) is 5.82 Å². The molecule has 112 valence electrons. The molecule has 3 heteroatoms. The number of likely N-dealkylation sites (N-methyl/N-ethyl adjacent to an activating group) is 1. The van der Waals surface area contributed by atoms with Gasteiger partial charge in [0.1, 0.15) is 5.82 Å². The highest BCUT2D eigenvalue weighted by molar-refractivity contribution is 5.31. The molecule has 0 aromatic heterocycles. The van der Waals surface area contributed by atoms with Crippen LogP contribution < -0.4 is 0 Å². The minimum absolute atomic E-state index is 0.104. The minimum Gasteiger partial charge on any atom is -0.380 e. The molecule has 0 heterocycles. The van der Waals surface area contributed by atoms with E-state index in [1.807, 2.05) is 37.3 Å². The lowest BCUT2D eigenvalue weighted by molar-refractivity contribution is 0.113. The van der Waals surface area contributed by atoms with E-state index in [9.17, 15) is 4.39 Å². The van der Waals surface area contributed by atoms with E-state index in [1.54, 1.807) is 0 Å². The summed E-state index contributed by atoms with van der Waals surface area (Å²) in [6.07, 6.45) is 0. The van der Waals surface area contributed by atoms with Crippen LogP contribution in [-0.2, 0) is 4.74 Å². The maximum Gasteiger partial charge on any atom is 0.123 e. The molecule has 0 aliphatic rings. The second kappa shape index (κ2) is 7.91. The predicted molar refractivity (Wildman–Crippen MR) is 83.8 cm³/mol. The molecule has 0 aliphatic carbocycles. The molecule has 0 aliphatic heterocycles. The highest BCUT2D eigenvalue weighted by Gasteiger charge is 2.18. The fourth-order valence-electron chi connectivity index (χ4n) is 2.46. The van der Waals surface area contributed by atoms with E-state index >= 15 is 0 Å². The molecule has 2 rings (SSSR count). The van der Waals surface area contributed by atoms with Crippen LogP contribution in [0.25, 0.3) is 0 Å². The van der Waals surface area contributed by atoms with Crippen LogP contribution in [0.15, 0.2) is 54.6 Å². The highest BCUT2D eigenvalue weighted by atomic mass is 19.1. The van der Waals surface area contributed by atoms with Crippen molar-refractivity contribution in [3.63, 3.8) is 0 Å². The molecular formula is C18H22FNO. The van der Waals surface area contributed by atoms with E-state index in [0.29, 0.717) is 6.61 Å². The van der Waals surface area contributed by atoms with Gasteiger partial charge in [-0.05, 0) is 37.2 Å². The molecule has 0 fully saturated rings. The van der Waals surface area contributed by atoms with Gasteiger partial charge in [0, 0.05) is 13.2 Å². The monoisotopic (exact) mass is 287 g/mol. The summed E-state index contributed by atoms with van der Waals surface area (Å²) in [5, 5.41) is 0. The normalized spacial score (nSPS) is 12.6. The zero-order chi connectivity index (χ0) is 15.1. The van der Waals surface area contributed by atoms with Crippen molar-refractivity contribution in [1.82, 2.24) is 4.90 Å². The van der Waals surface area contributed by atoms with Crippen molar-refractivity contribution in [1.29, 1.82) is 0 Å². The molecule has 0 spiro atoms. The zero-order valence-corrected chi connectivity index (χ0v) is 12.6. The Bertz CT molecular complexity index is 527. The number of hydrogen-bond acceptors (Lipinski definition) is 2. The van der Waals surface area contributed by atoms with Crippen LogP contribution in [-0.4, -0.2) is 31.7 Å². The van der Waals surface area contributed by atoms with Gasteiger partial charge in [0.15, 0.2) is 0 Å². The quantitative estimate of drug-likeness (QED) is 0.716. The summed E-state index contributed by atoms with van der Waals surface area (Å²) < 4.78 is 18.6. The lowest BCUT2D eigenvalue weighted by Gasteiger charge is -2.29. The molecule has 2 nitrogen and oxygen atoms in total. The summed E-state index contributed by atoms with van der Waals surface area (Å²) in [5.74, 6) is -0.206. The van der Waals surface area contributed by atoms with Gasteiger partial charge in [-0.3, -0.25) is 4.90 Å². The van der Waals surface area contributed by atoms with Crippen LogP contribution in [0.1, 0.15) is 24.1 Å². The zero-order valence-electron chi connectivity index (χ0n) is 12.6. The first-order valence-electron chi connectivity index (χ1n) is 7.30. The van der Waals surface area contributed by atoms with E-state index in [4.69, 9.17) is 4.74 Å². The van der Waals surface area contributed by atoms with Crippen molar-refractivity contribution in [2.75, 3.05) is 26.8 Å². The Balaban J connectivity index is 2.24. The summed E-state index contributed by atoms with van der Waals surface area (Å²) in [6, 6.07) is 17.1. The first-order chi connectivity index (χ1) is 10.2. The number of benzene rings is 2. The van der Waals surface area contributed by atoms with Gasteiger partial charge < -0.3 is 4.74 Å². The van der Waals surface area contributed by atoms with E-state index < -0.39 is 0 Å². The fraction of sp³-hybridized carbons (Fsp3) is 0.333. The van der Waals surface area contributed by atoms with Gasteiger partial charge in [0.25, 0.3) is 0 Å². The summed E-state index contributed by atoms with van der Waals surface area (Å²) in [5.41, 5.74) is 2.28. The second-order valence-corrected chi connectivity index (χ2v) is 5.04. The average Bonchev–Trinajstić information content (AvgIpc) is 2.51. The third-order valence-corrected chi connectivity index (χ3v) is 3.53. The Morgan fingerprint density at radius 2 is 1.62 bits per heavy atom. The number of hydrogen-bond donors (Lipinski definition) is 0. The van der Waals surface area contributed by atoms with Gasteiger partial charge in [0.2, 0.25) is 0 Å². The van der Waals surface area contributed by atoms with Crippen LogP contribution in [0.3, 0.4) is 0 Å². The lowest BCUT2D eigenvalue weighted by Crippen LogP contribution is -2.29. The average molecular weight is 287 g/mol. The highest BCUT2D eigenvalue weighted by Crippen LogP contribution is 2.27. The third-order valence-electron chi connectivity index (χ3n) is 3.53. The Morgan fingerprint density at radius 1 is 1.00 bits per heavy atom. The van der Waals surface area contributed by atoms with Crippen LogP contribution in [0.4, 0.5) is 4.39 Å². The van der Waals surface area contributed by atoms with Crippen LogP contribution >= 0.6 is 0 Å². The topological polar surface area (TPSA) is 12.5 Å². The van der Waals surface area contributed by atoms with Crippen molar-refractivity contribution in [3.05, 3.63) is 71.5 Å². The van der Waals surface area contributed by atoms with Gasteiger partial charge in [-0.1, -0.05) is 42.5 Å². The lowest BCUT2D eigenvalue weighted by atomic mass is 9.97. The molecule has 0 N–H and O–H groups in total. The number of nitrogens with zero attached hydrogens (tertiary/aromatic N) is 1. The second-order valence-electron chi connectivity index (χ2n) is 5.04. The number of rotatable bonds is 7. The minimum atomic E-state index is -0.206. The molecule has 0 bridgehead atoms. The van der Waals surface area contributed by atoms with Crippen molar-refractivity contribution in [2.45, 2.75) is 13.0 Å². The van der Waals surface area contributed by atoms with Crippen LogP contribution in [0.5, 0.6) is 0 Å². The Kier molecular flexibility index (Phi) is 5.90. The molecule has 1 atom stereocenters. The fourth-order valence-corrected chi connectivity index (χ4v) is 2.46. The molecule has 0 radical (unpaired) electrons. The largest absolute Gasteiger partial charge is 0.380 e. The van der Waals surface area contributed by atoms with E-state index in [-0.39, 0.29) is 11.9 Å². The summed E-state index contributed by atoms with van der Waals surface area (Å²) in [7, 11) is 2.07. The molecule has 0 saturated heterocycles. The van der Waals surface area contributed by atoms with Gasteiger partial charge in [-0.2, -0.15) is 0 Å². The maximum absolute atomic E-state index is 13.2. The van der Waals surface area contributed by atoms with Gasteiger partial charge >= 0.3 is 0 Å². The van der Waals surface area contributed by atoms with Crippen molar-refractivity contribution < 1.29 is 9.13 Å². The molecule has 2 aromatic carbocycles. The van der Waals surface area contributed by atoms with Crippen molar-refractivity contribution >= 4 is 0 Å².